The summed E-state index contributed by atoms with van der Waals surface area (Å²) in [4.78, 5) is 30.3. The summed E-state index contributed by atoms with van der Waals surface area (Å²) in [6.07, 6.45) is 4.34. The molecule has 0 unspecified atom stereocenters. The Bertz CT molecular complexity index is 670. The molecule has 0 saturated carbocycles. The van der Waals surface area contributed by atoms with Gasteiger partial charge in [0.25, 0.3) is 0 Å². The second-order valence-electron chi connectivity index (χ2n) is 7.58. The molecule has 0 radical (unpaired) electrons. The third-order valence-corrected chi connectivity index (χ3v) is 7.53. The zero-order valence-electron chi connectivity index (χ0n) is 16.4. The average molecular weight is 408 g/mol. The van der Waals surface area contributed by atoms with Crippen LogP contribution < -0.4 is 5.32 Å². The van der Waals surface area contributed by atoms with Crippen LogP contribution in [-0.4, -0.2) is 58.3 Å². The molecular formula is C20H29N3O2S2. The van der Waals surface area contributed by atoms with Crippen molar-refractivity contribution in [3.63, 3.8) is 0 Å². The first-order valence-corrected chi connectivity index (χ1v) is 11.8. The summed E-state index contributed by atoms with van der Waals surface area (Å²) in [6.45, 7) is 6.39. The molecule has 2 aliphatic heterocycles. The van der Waals surface area contributed by atoms with Crippen LogP contribution in [0, 0.1) is 5.92 Å². The van der Waals surface area contributed by atoms with Crippen LogP contribution in [0.3, 0.4) is 0 Å². The van der Waals surface area contributed by atoms with Gasteiger partial charge in [-0.05, 0) is 49.3 Å². The summed E-state index contributed by atoms with van der Waals surface area (Å²) in [5.41, 5.74) is 0.821. The summed E-state index contributed by atoms with van der Waals surface area (Å²) in [6, 6.07) is 7.85. The topological polar surface area (TPSA) is 52.7 Å². The summed E-state index contributed by atoms with van der Waals surface area (Å²) in [5, 5.41) is 2.99. The van der Waals surface area contributed by atoms with Crippen LogP contribution in [0.1, 0.15) is 33.1 Å². The molecule has 1 aromatic rings. The molecule has 2 fully saturated rings. The largest absolute Gasteiger partial charge is 0.327 e. The van der Waals surface area contributed by atoms with Crippen molar-refractivity contribution in [2.45, 2.75) is 42.9 Å². The molecule has 7 heteroatoms. The molecule has 1 N–H and O–H groups in total. The van der Waals surface area contributed by atoms with E-state index < -0.39 is 0 Å². The minimum absolute atomic E-state index is 0.0511. The highest BCUT2D eigenvalue weighted by Gasteiger charge is 2.46. The zero-order chi connectivity index (χ0) is 19.4. The van der Waals surface area contributed by atoms with Crippen LogP contribution in [0.4, 0.5) is 10.5 Å². The van der Waals surface area contributed by atoms with Gasteiger partial charge >= 0.3 is 6.03 Å². The first kappa shape index (κ1) is 20.4. The number of thioether (sulfide) groups is 2. The van der Waals surface area contributed by atoms with Gasteiger partial charge in [-0.3, -0.25) is 4.79 Å². The fourth-order valence-electron chi connectivity index (χ4n) is 3.77. The van der Waals surface area contributed by atoms with Crippen molar-refractivity contribution in [1.82, 2.24) is 9.80 Å². The van der Waals surface area contributed by atoms with Gasteiger partial charge in [0.05, 0.1) is 4.87 Å². The molecule has 1 aromatic carbocycles. The van der Waals surface area contributed by atoms with E-state index in [1.54, 1.807) is 11.8 Å². The fraction of sp³-hybridized carbons (Fsp3) is 0.600. The minimum atomic E-state index is -0.108. The van der Waals surface area contributed by atoms with Crippen molar-refractivity contribution in [3.05, 3.63) is 24.3 Å². The number of likely N-dealkylation sites (tertiary alicyclic amines) is 1. The Morgan fingerprint density at radius 2 is 1.85 bits per heavy atom. The van der Waals surface area contributed by atoms with E-state index in [0.717, 1.165) is 30.8 Å². The molecule has 0 aliphatic carbocycles. The Kier molecular flexibility index (Phi) is 6.63. The van der Waals surface area contributed by atoms with Gasteiger partial charge < -0.3 is 15.1 Å². The Balaban J connectivity index is 1.57. The van der Waals surface area contributed by atoms with Gasteiger partial charge in [-0.2, -0.15) is 0 Å². The summed E-state index contributed by atoms with van der Waals surface area (Å²) >= 11 is 3.58. The van der Waals surface area contributed by atoms with Gasteiger partial charge in [0.15, 0.2) is 0 Å². The number of rotatable bonds is 4. The number of hydrogen-bond donors (Lipinski definition) is 1. The van der Waals surface area contributed by atoms with Gasteiger partial charge in [-0.1, -0.05) is 13.8 Å². The molecule has 5 nitrogen and oxygen atoms in total. The highest BCUT2D eigenvalue weighted by atomic mass is 32.2. The second-order valence-corrected chi connectivity index (χ2v) is 9.92. The molecule has 2 aliphatic rings. The molecular weight excluding hydrogens is 378 g/mol. The molecule has 0 aromatic heterocycles. The predicted molar refractivity (Wildman–Crippen MR) is 114 cm³/mol. The van der Waals surface area contributed by atoms with Gasteiger partial charge in [0, 0.05) is 42.4 Å². The number of urea groups is 1. The number of anilines is 1. The molecule has 148 valence electrons. The smallest absolute Gasteiger partial charge is 0.321 e. The van der Waals surface area contributed by atoms with Crippen LogP contribution >= 0.6 is 23.5 Å². The Morgan fingerprint density at radius 1 is 1.19 bits per heavy atom. The maximum Gasteiger partial charge on any atom is 0.321 e. The lowest BCUT2D eigenvalue weighted by molar-refractivity contribution is -0.135. The zero-order valence-corrected chi connectivity index (χ0v) is 18.0. The first-order valence-electron chi connectivity index (χ1n) is 9.58. The SMILES string of the molecule is CSc1ccc(NC(=O)N2CCC3(CC2)SCCN3C(=O)CC(C)C)cc1. The van der Waals surface area contributed by atoms with E-state index in [1.165, 1.54) is 4.90 Å². The Morgan fingerprint density at radius 3 is 2.44 bits per heavy atom. The number of nitrogens with zero attached hydrogens (tertiary/aromatic N) is 2. The number of carbonyl (C=O) groups excluding carboxylic acids is 2. The molecule has 2 saturated heterocycles. The van der Waals surface area contributed by atoms with Crippen molar-refractivity contribution in [3.8, 4) is 0 Å². The van der Waals surface area contributed by atoms with Gasteiger partial charge in [-0.15, -0.1) is 23.5 Å². The lowest BCUT2D eigenvalue weighted by Gasteiger charge is -2.44. The first-order chi connectivity index (χ1) is 12.9. The molecule has 0 atom stereocenters. The molecule has 2 heterocycles. The highest BCUT2D eigenvalue weighted by molar-refractivity contribution is 8.00. The molecule has 27 heavy (non-hydrogen) atoms. The minimum Gasteiger partial charge on any atom is -0.327 e. The van der Waals surface area contributed by atoms with Crippen molar-refractivity contribution < 1.29 is 9.59 Å². The lowest BCUT2D eigenvalue weighted by atomic mass is 10.0. The van der Waals surface area contributed by atoms with Crippen LogP contribution in [0.2, 0.25) is 0 Å². The lowest BCUT2D eigenvalue weighted by Crippen LogP contribution is -2.54. The fourth-order valence-corrected chi connectivity index (χ4v) is 5.65. The van der Waals surface area contributed by atoms with E-state index >= 15 is 0 Å². The summed E-state index contributed by atoms with van der Waals surface area (Å²) in [5.74, 6) is 1.64. The standard InChI is InChI=1S/C20H29N3O2S2/c1-15(2)14-18(24)23-12-13-27-20(23)8-10-22(11-9-20)19(25)21-16-4-6-17(26-3)7-5-16/h4-7,15H,8-14H2,1-3H3,(H,21,25). The molecule has 3 amide bonds. The second kappa shape index (κ2) is 8.78. The number of piperidine rings is 1. The van der Waals surface area contributed by atoms with Crippen LogP contribution in [-0.2, 0) is 4.79 Å². The van der Waals surface area contributed by atoms with Gasteiger partial charge in [0.2, 0.25) is 5.91 Å². The van der Waals surface area contributed by atoms with Crippen LogP contribution in [0.15, 0.2) is 29.2 Å². The van der Waals surface area contributed by atoms with Crippen molar-refractivity contribution >= 4 is 41.1 Å². The molecule has 1 spiro atoms. The maximum absolute atomic E-state index is 12.7. The van der Waals surface area contributed by atoms with Crippen molar-refractivity contribution in [2.75, 3.05) is 37.0 Å². The Hall–Kier alpha value is -1.34. The maximum atomic E-state index is 12.7. The van der Waals surface area contributed by atoms with E-state index in [1.807, 2.05) is 47.2 Å². The van der Waals surface area contributed by atoms with Crippen molar-refractivity contribution in [2.24, 2.45) is 5.92 Å². The van der Waals surface area contributed by atoms with Crippen LogP contribution in [0.25, 0.3) is 0 Å². The number of nitrogens with one attached hydrogen (secondary N) is 1. The van der Waals surface area contributed by atoms with Crippen molar-refractivity contribution in [1.29, 1.82) is 0 Å². The predicted octanol–water partition coefficient (Wildman–Crippen LogP) is 4.35. The van der Waals surface area contributed by atoms with E-state index in [4.69, 9.17) is 0 Å². The number of amides is 3. The summed E-state index contributed by atoms with van der Waals surface area (Å²) < 4.78 is 0. The Labute approximate surface area is 170 Å². The highest BCUT2D eigenvalue weighted by Crippen LogP contribution is 2.44. The normalized spacial score (nSPS) is 19.0. The molecule has 3 rings (SSSR count). The van der Waals surface area contributed by atoms with Gasteiger partial charge in [-0.25, -0.2) is 4.79 Å². The van der Waals surface area contributed by atoms with E-state index in [2.05, 4.69) is 24.1 Å². The number of carbonyl (C=O) groups is 2. The monoisotopic (exact) mass is 407 g/mol. The summed E-state index contributed by atoms with van der Waals surface area (Å²) in [7, 11) is 0. The molecule has 0 bridgehead atoms. The average Bonchev–Trinajstić information content (AvgIpc) is 3.05. The number of benzene rings is 1. The number of hydrogen-bond acceptors (Lipinski definition) is 4. The third-order valence-electron chi connectivity index (χ3n) is 5.23. The quantitative estimate of drug-likeness (QED) is 0.754. The third kappa shape index (κ3) is 4.74. The van der Waals surface area contributed by atoms with Crippen LogP contribution in [0.5, 0.6) is 0 Å². The van der Waals surface area contributed by atoms with Gasteiger partial charge in [0.1, 0.15) is 0 Å². The van der Waals surface area contributed by atoms with E-state index in [9.17, 15) is 9.59 Å². The van der Waals surface area contributed by atoms with E-state index in [0.29, 0.717) is 25.4 Å². The van der Waals surface area contributed by atoms with E-state index in [-0.39, 0.29) is 16.8 Å².